The van der Waals surface area contributed by atoms with Gasteiger partial charge in [-0.2, -0.15) is 0 Å². The molecule has 8 heteroatoms. The summed E-state index contributed by atoms with van der Waals surface area (Å²) in [6.45, 7) is 10.3. The Morgan fingerprint density at radius 3 is 2.26 bits per heavy atom. The Morgan fingerprint density at radius 2 is 1.57 bits per heavy atom. The molecule has 2 aromatic rings. The molecule has 0 fully saturated rings. The number of nitrogens with one attached hydrogen (secondary N) is 3. The molecule has 0 unspecified atom stereocenters. The lowest BCUT2D eigenvalue weighted by atomic mass is 10.1. The van der Waals surface area contributed by atoms with Gasteiger partial charge in [-0.15, -0.1) is 0 Å². The molecule has 2 aromatic carbocycles. The molecule has 3 N–H and O–H groups in total. The van der Waals surface area contributed by atoms with Gasteiger partial charge >= 0.3 is 6.09 Å². The molecule has 0 bridgehead atoms. The molecule has 2 rings (SSSR count). The van der Waals surface area contributed by atoms with Crippen molar-refractivity contribution < 1.29 is 23.9 Å². The van der Waals surface area contributed by atoms with Crippen LogP contribution in [0.15, 0.2) is 42.5 Å². The number of amides is 3. The van der Waals surface area contributed by atoms with Gasteiger partial charge in [0.05, 0.1) is 6.61 Å². The number of carbonyl (C=O) groups is 3. The smallest absolute Gasteiger partial charge is 0.407 e. The van der Waals surface area contributed by atoms with E-state index < -0.39 is 11.7 Å². The van der Waals surface area contributed by atoms with E-state index >= 15 is 0 Å². The molecule has 35 heavy (non-hydrogen) atoms. The van der Waals surface area contributed by atoms with E-state index in [9.17, 15) is 14.4 Å². The summed E-state index contributed by atoms with van der Waals surface area (Å²) in [6.07, 6.45) is 0.536. The van der Waals surface area contributed by atoms with Crippen LogP contribution in [-0.4, -0.2) is 36.7 Å². The number of alkyl carbamates (subject to hydrolysis) is 1. The van der Waals surface area contributed by atoms with Crippen molar-refractivity contribution >= 4 is 23.6 Å². The summed E-state index contributed by atoms with van der Waals surface area (Å²) in [7, 11) is 0. The molecule has 0 aliphatic carbocycles. The van der Waals surface area contributed by atoms with Crippen molar-refractivity contribution in [1.29, 1.82) is 0 Å². The molecule has 0 aliphatic rings. The van der Waals surface area contributed by atoms with Crippen molar-refractivity contribution in [3.63, 3.8) is 0 Å². The third-order valence-electron chi connectivity index (χ3n) is 4.92. The Kier molecular flexibility index (Phi) is 10.6. The van der Waals surface area contributed by atoms with Crippen LogP contribution >= 0.6 is 0 Å². The zero-order valence-corrected chi connectivity index (χ0v) is 21.3. The van der Waals surface area contributed by atoms with Gasteiger partial charge in [0, 0.05) is 31.6 Å². The number of rotatable bonds is 11. The maximum absolute atomic E-state index is 12.3. The van der Waals surface area contributed by atoms with Gasteiger partial charge in [0.2, 0.25) is 11.8 Å². The Balaban J connectivity index is 1.68. The average Bonchev–Trinajstić information content (AvgIpc) is 2.76. The fourth-order valence-electron chi connectivity index (χ4n) is 3.30. The Bertz CT molecular complexity index is 994. The number of anilines is 1. The number of carbonyl (C=O) groups excluding carboxylic acids is 3. The second-order valence-electron chi connectivity index (χ2n) is 9.38. The van der Waals surface area contributed by atoms with Gasteiger partial charge in [0.1, 0.15) is 11.4 Å². The monoisotopic (exact) mass is 483 g/mol. The zero-order chi connectivity index (χ0) is 25.8. The summed E-state index contributed by atoms with van der Waals surface area (Å²) in [4.78, 5) is 36.0. The number of ether oxygens (including phenoxy) is 2. The molecule has 190 valence electrons. The minimum Gasteiger partial charge on any atom is -0.493 e. The fraction of sp³-hybridized carbons (Fsp3) is 0.444. The molecule has 3 amide bonds. The highest BCUT2D eigenvalue weighted by Crippen LogP contribution is 2.22. The van der Waals surface area contributed by atoms with E-state index in [2.05, 4.69) is 16.0 Å². The molecule has 0 heterocycles. The van der Waals surface area contributed by atoms with Crippen LogP contribution in [0.4, 0.5) is 10.5 Å². The second kappa shape index (κ2) is 13.4. The van der Waals surface area contributed by atoms with E-state index in [0.717, 1.165) is 22.4 Å². The van der Waals surface area contributed by atoms with Gasteiger partial charge in [-0.25, -0.2) is 4.79 Å². The highest BCUT2D eigenvalue weighted by molar-refractivity contribution is 5.90. The molecule has 0 aliphatic heterocycles. The number of hydrogen-bond donors (Lipinski definition) is 3. The molecular formula is C27H37N3O5. The predicted molar refractivity (Wildman–Crippen MR) is 136 cm³/mol. The van der Waals surface area contributed by atoms with Gasteiger partial charge in [0.25, 0.3) is 0 Å². The van der Waals surface area contributed by atoms with Crippen LogP contribution in [-0.2, 0) is 20.9 Å². The second-order valence-corrected chi connectivity index (χ2v) is 9.38. The maximum Gasteiger partial charge on any atom is 0.407 e. The molecule has 8 nitrogen and oxygen atoms in total. The van der Waals surface area contributed by atoms with Crippen molar-refractivity contribution in [1.82, 2.24) is 10.6 Å². The minimum atomic E-state index is -0.582. The Labute approximate surface area is 207 Å². The minimum absolute atomic E-state index is 0.0930. The summed E-state index contributed by atoms with van der Waals surface area (Å²) in [5.74, 6) is 0.590. The van der Waals surface area contributed by atoms with Gasteiger partial charge in [-0.05, 0) is 69.9 Å². The topological polar surface area (TPSA) is 106 Å². The molecule has 0 spiro atoms. The highest BCUT2D eigenvalue weighted by Gasteiger charge is 2.16. The maximum atomic E-state index is 12.3. The van der Waals surface area contributed by atoms with Crippen molar-refractivity contribution in [2.45, 2.75) is 66.0 Å². The van der Waals surface area contributed by atoms with Gasteiger partial charge in [-0.3, -0.25) is 9.59 Å². The first-order valence-corrected chi connectivity index (χ1v) is 11.8. The number of aryl methyl sites for hydroxylation is 2. The summed E-state index contributed by atoms with van der Waals surface area (Å²) < 4.78 is 11.0. The summed E-state index contributed by atoms with van der Waals surface area (Å²) >= 11 is 0. The largest absolute Gasteiger partial charge is 0.493 e. The lowest BCUT2D eigenvalue weighted by Gasteiger charge is -2.19. The molecule has 0 radical (unpaired) electrons. The van der Waals surface area contributed by atoms with Gasteiger partial charge in [0.15, 0.2) is 0 Å². The van der Waals surface area contributed by atoms with E-state index in [4.69, 9.17) is 9.47 Å². The van der Waals surface area contributed by atoms with Crippen molar-refractivity contribution in [2.75, 3.05) is 18.5 Å². The normalized spacial score (nSPS) is 10.9. The zero-order valence-electron chi connectivity index (χ0n) is 21.3. The van der Waals surface area contributed by atoms with Crippen LogP contribution in [0.3, 0.4) is 0 Å². The first-order valence-electron chi connectivity index (χ1n) is 11.8. The molecule has 0 atom stereocenters. The van der Waals surface area contributed by atoms with Gasteiger partial charge in [-0.1, -0.05) is 30.3 Å². The van der Waals surface area contributed by atoms with Gasteiger partial charge < -0.3 is 25.4 Å². The summed E-state index contributed by atoms with van der Waals surface area (Å²) in [5, 5.41) is 8.25. The van der Waals surface area contributed by atoms with Crippen LogP contribution in [0.1, 0.15) is 56.7 Å². The summed E-state index contributed by atoms with van der Waals surface area (Å²) in [6, 6.07) is 13.3. The van der Waals surface area contributed by atoms with E-state index in [-0.39, 0.29) is 24.8 Å². The standard InChI is InChI=1S/C27H37N3O5/c1-19-9-6-10-20(2)25(19)34-16-8-13-24(32)30-22-12-7-11-21(17-22)18-29-23(31)14-15-28-26(33)35-27(3,4)5/h6-7,9-12,17H,8,13-16,18H2,1-5H3,(H,28,33)(H,29,31)(H,30,32). The third kappa shape index (κ3) is 10.9. The number of benzene rings is 2. The van der Waals surface area contributed by atoms with Crippen molar-refractivity contribution in [3.8, 4) is 5.75 Å². The lowest BCUT2D eigenvalue weighted by molar-refractivity contribution is -0.121. The molecule has 0 saturated heterocycles. The van der Waals surface area contributed by atoms with Crippen molar-refractivity contribution in [2.24, 2.45) is 0 Å². The van der Waals surface area contributed by atoms with E-state index in [1.807, 2.05) is 50.2 Å². The average molecular weight is 484 g/mol. The Hall–Kier alpha value is -3.55. The summed E-state index contributed by atoms with van der Waals surface area (Å²) in [5.41, 5.74) is 3.11. The van der Waals surface area contributed by atoms with Crippen LogP contribution in [0.2, 0.25) is 0 Å². The number of hydrogen-bond acceptors (Lipinski definition) is 5. The molecule has 0 aromatic heterocycles. The highest BCUT2D eigenvalue weighted by atomic mass is 16.6. The lowest BCUT2D eigenvalue weighted by Crippen LogP contribution is -2.35. The first kappa shape index (κ1) is 27.7. The third-order valence-corrected chi connectivity index (χ3v) is 4.92. The van der Waals surface area contributed by atoms with E-state index in [0.29, 0.717) is 31.7 Å². The fourth-order valence-corrected chi connectivity index (χ4v) is 3.30. The molecule has 0 saturated carbocycles. The molecular weight excluding hydrogens is 446 g/mol. The van der Waals surface area contributed by atoms with E-state index in [1.54, 1.807) is 26.8 Å². The van der Waals surface area contributed by atoms with Crippen LogP contribution in [0.25, 0.3) is 0 Å². The predicted octanol–water partition coefficient (Wildman–Crippen LogP) is 4.63. The quantitative estimate of drug-likeness (QED) is 0.404. The Morgan fingerprint density at radius 1 is 0.886 bits per heavy atom. The number of para-hydroxylation sites is 1. The van der Waals surface area contributed by atoms with Crippen LogP contribution in [0.5, 0.6) is 5.75 Å². The van der Waals surface area contributed by atoms with Crippen molar-refractivity contribution in [3.05, 3.63) is 59.2 Å². The van der Waals surface area contributed by atoms with E-state index in [1.165, 1.54) is 0 Å². The first-order chi connectivity index (χ1) is 16.5. The SMILES string of the molecule is Cc1cccc(C)c1OCCCC(=O)Nc1cccc(CNC(=O)CCNC(=O)OC(C)(C)C)c1. The van der Waals surface area contributed by atoms with Crippen LogP contribution < -0.4 is 20.7 Å². The van der Waals surface area contributed by atoms with Crippen LogP contribution in [0, 0.1) is 13.8 Å².